The van der Waals surface area contributed by atoms with Crippen molar-refractivity contribution in [1.82, 2.24) is 5.32 Å². The predicted octanol–water partition coefficient (Wildman–Crippen LogP) is 2.85. The maximum atomic E-state index is 13.8. The minimum atomic E-state index is -1.41. The van der Waals surface area contributed by atoms with E-state index in [4.69, 9.17) is 9.47 Å². The number of rotatable bonds is 7. The molecule has 0 saturated carbocycles. The molecule has 0 aliphatic carbocycles. The van der Waals surface area contributed by atoms with Gasteiger partial charge >= 0.3 is 5.97 Å². The number of methoxy groups -OCH3 is 1. The van der Waals surface area contributed by atoms with Gasteiger partial charge in [0.2, 0.25) is 0 Å². The van der Waals surface area contributed by atoms with Gasteiger partial charge in [0, 0.05) is 0 Å². The van der Waals surface area contributed by atoms with Gasteiger partial charge in [-0.15, -0.1) is 0 Å². The largest absolute Gasteiger partial charge is 0.494 e. The van der Waals surface area contributed by atoms with Crippen LogP contribution in [0.3, 0.4) is 0 Å². The Morgan fingerprint density at radius 3 is 2.35 bits per heavy atom. The topological polar surface area (TPSA) is 84.9 Å². The first kappa shape index (κ1) is 19.2. The molecule has 0 spiro atoms. The van der Waals surface area contributed by atoms with Gasteiger partial charge in [-0.05, 0) is 43.7 Å². The molecule has 0 saturated heterocycles. The highest BCUT2D eigenvalue weighted by atomic mass is 19.1. The van der Waals surface area contributed by atoms with E-state index in [1.54, 1.807) is 12.1 Å². The highest BCUT2D eigenvalue weighted by Gasteiger charge is 2.26. The third kappa shape index (κ3) is 4.72. The van der Waals surface area contributed by atoms with Crippen molar-refractivity contribution in [3.63, 3.8) is 0 Å². The number of hydrogen-bond donors (Lipinski definition) is 2. The number of ether oxygens (including phenoxy) is 2. The molecular weight excluding hydrogens is 341 g/mol. The smallest absolute Gasteiger partial charge is 0.330 e. The first-order valence-electron chi connectivity index (χ1n) is 7.91. The average Bonchev–Trinajstić information content (AvgIpc) is 2.61. The zero-order valence-corrected chi connectivity index (χ0v) is 14.7. The summed E-state index contributed by atoms with van der Waals surface area (Å²) in [6, 6.07) is 9.39. The standard InChI is InChI=1S/C19H20FNO5/c1-11-4-7-14(8-5-11)26-12(2)18(22)21-17(19(23)24)13-6-9-16(25-3)15(20)10-13/h4-10,12,17H,1-3H3,(H,21,22)(H,23,24). The van der Waals surface area contributed by atoms with Crippen molar-refractivity contribution in [1.29, 1.82) is 0 Å². The van der Waals surface area contributed by atoms with E-state index < -0.39 is 29.8 Å². The van der Waals surface area contributed by atoms with E-state index in [9.17, 15) is 19.1 Å². The fourth-order valence-corrected chi connectivity index (χ4v) is 2.28. The summed E-state index contributed by atoms with van der Waals surface area (Å²) in [6.07, 6.45) is -0.928. The lowest BCUT2D eigenvalue weighted by Crippen LogP contribution is -2.41. The van der Waals surface area contributed by atoms with Crippen molar-refractivity contribution in [2.24, 2.45) is 0 Å². The SMILES string of the molecule is COc1ccc(C(NC(=O)C(C)Oc2ccc(C)cc2)C(=O)O)cc1F. The lowest BCUT2D eigenvalue weighted by molar-refractivity contribution is -0.143. The predicted molar refractivity (Wildman–Crippen MR) is 92.7 cm³/mol. The maximum absolute atomic E-state index is 13.8. The second-order valence-electron chi connectivity index (χ2n) is 5.75. The monoisotopic (exact) mass is 361 g/mol. The number of nitrogens with one attached hydrogen (secondary N) is 1. The zero-order chi connectivity index (χ0) is 19.3. The molecule has 0 radical (unpaired) electrons. The Kier molecular flexibility index (Phi) is 6.16. The molecule has 2 unspecified atom stereocenters. The van der Waals surface area contributed by atoms with Gasteiger partial charge in [0.25, 0.3) is 5.91 Å². The molecule has 138 valence electrons. The van der Waals surface area contributed by atoms with Crippen LogP contribution in [0.1, 0.15) is 24.1 Å². The molecule has 2 aromatic rings. The Morgan fingerprint density at radius 1 is 1.15 bits per heavy atom. The van der Waals surface area contributed by atoms with Crippen molar-refractivity contribution in [3.05, 3.63) is 59.4 Å². The van der Waals surface area contributed by atoms with Gasteiger partial charge in [0.1, 0.15) is 5.75 Å². The van der Waals surface area contributed by atoms with E-state index in [-0.39, 0.29) is 11.3 Å². The molecule has 2 N–H and O–H groups in total. The molecule has 0 aliphatic heterocycles. The van der Waals surface area contributed by atoms with Gasteiger partial charge in [-0.2, -0.15) is 0 Å². The summed E-state index contributed by atoms with van der Waals surface area (Å²) in [4.78, 5) is 23.8. The van der Waals surface area contributed by atoms with Crippen LogP contribution in [0.5, 0.6) is 11.5 Å². The van der Waals surface area contributed by atoms with Crippen molar-refractivity contribution < 1.29 is 28.6 Å². The summed E-state index contributed by atoms with van der Waals surface area (Å²) in [5.41, 5.74) is 1.13. The molecule has 7 heteroatoms. The average molecular weight is 361 g/mol. The molecule has 26 heavy (non-hydrogen) atoms. The van der Waals surface area contributed by atoms with Gasteiger partial charge in [0.05, 0.1) is 7.11 Å². The Labute approximate surface area is 150 Å². The summed E-state index contributed by atoms with van der Waals surface area (Å²) in [5.74, 6) is -2.19. The van der Waals surface area contributed by atoms with Crippen LogP contribution >= 0.6 is 0 Å². The van der Waals surface area contributed by atoms with Gasteiger partial charge in [-0.25, -0.2) is 9.18 Å². The molecule has 0 bridgehead atoms. The first-order valence-corrected chi connectivity index (χ1v) is 7.91. The number of carbonyl (C=O) groups is 2. The third-order valence-corrected chi connectivity index (χ3v) is 3.75. The van der Waals surface area contributed by atoms with Gasteiger partial charge in [0.15, 0.2) is 23.7 Å². The normalized spacial score (nSPS) is 12.8. The first-order chi connectivity index (χ1) is 12.3. The van der Waals surface area contributed by atoms with Crippen molar-refractivity contribution in [2.75, 3.05) is 7.11 Å². The molecular formula is C19H20FNO5. The minimum absolute atomic E-state index is 0.0136. The van der Waals surface area contributed by atoms with E-state index >= 15 is 0 Å². The number of carboxylic acid groups (broad SMARTS) is 1. The Bertz CT molecular complexity index is 791. The van der Waals surface area contributed by atoms with Crippen LogP contribution in [-0.2, 0) is 9.59 Å². The third-order valence-electron chi connectivity index (χ3n) is 3.75. The van der Waals surface area contributed by atoms with Crippen LogP contribution in [0.25, 0.3) is 0 Å². The zero-order valence-electron chi connectivity index (χ0n) is 14.7. The molecule has 0 aromatic heterocycles. The summed E-state index contributed by atoms with van der Waals surface area (Å²) < 4.78 is 24.1. The number of carbonyl (C=O) groups excluding carboxylic acids is 1. The summed E-state index contributed by atoms with van der Waals surface area (Å²) in [7, 11) is 1.30. The lowest BCUT2D eigenvalue weighted by atomic mass is 10.1. The van der Waals surface area contributed by atoms with Gasteiger partial charge in [-0.1, -0.05) is 23.8 Å². The van der Waals surface area contributed by atoms with Crippen molar-refractivity contribution >= 4 is 11.9 Å². The van der Waals surface area contributed by atoms with E-state index in [0.29, 0.717) is 5.75 Å². The molecule has 0 aliphatic rings. The van der Waals surface area contributed by atoms with E-state index in [2.05, 4.69) is 5.32 Å². The fraction of sp³-hybridized carbons (Fsp3) is 0.263. The van der Waals surface area contributed by atoms with Crippen LogP contribution in [0.15, 0.2) is 42.5 Å². The highest BCUT2D eigenvalue weighted by molar-refractivity contribution is 5.87. The van der Waals surface area contributed by atoms with Crippen LogP contribution in [0.2, 0.25) is 0 Å². The summed E-state index contributed by atoms with van der Waals surface area (Å²) in [5, 5.41) is 11.7. The minimum Gasteiger partial charge on any atom is -0.494 e. The van der Waals surface area contributed by atoms with Gasteiger partial charge < -0.3 is 19.9 Å². The van der Waals surface area contributed by atoms with Crippen LogP contribution < -0.4 is 14.8 Å². The number of halogens is 1. The molecule has 0 heterocycles. The Morgan fingerprint density at radius 2 is 1.81 bits per heavy atom. The van der Waals surface area contributed by atoms with Crippen molar-refractivity contribution in [3.8, 4) is 11.5 Å². The van der Waals surface area contributed by atoms with E-state index in [0.717, 1.165) is 11.6 Å². The van der Waals surface area contributed by atoms with Gasteiger partial charge in [-0.3, -0.25) is 4.79 Å². The van der Waals surface area contributed by atoms with Crippen LogP contribution in [0.4, 0.5) is 4.39 Å². The van der Waals surface area contributed by atoms with Crippen LogP contribution in [-0.4, -0.2) is 30.2 Å². The molecule has 2 aromatic carbocycles. The fourth-order valence-electron chi connectivity index (χ4n) is 2.28. The second-order valence-corrected chi connectivity index (χ2v) is 5.75. The quantitative estimate of drug-likeness (QED) is 0.792. The Hall–Kier alpha value is -3.09. The molecule has 2 rings (SSSR count). The molecule has 0 fully saturated rings. The van der Waals surface area contributed by atoms with E-state index in [1.807, 2.05) is 19.1 Å². The van der Waals surface area contributed by atoms with Crippen molar-refractivity contribution in [2.45, 2.75) is 26.0 Å². The molecule has 2 atom stereocenters. The highest BCUT2D eigenvalue weighted by Crippen LogP contribution is 2.22. The van der Waals surface area contributed by atoms with Crippen LogP contribution in [0, 0.1) is 12.7 Å². The number of aryl methyl sites for hydroxylation is 1. The lowest BCUT2D eigenvalue weighted by Gasteiger charge is -2.19. The maximum Gasteiger partial charge on any atom is 0.330 e. The molecule has 1 amide bonds. The Balaban J connectivity index is 2.11. The second kappa shape index (κ2) is 8.33. The number of benzene rings is 2. The molecule has 6 nitrogen and oxygen atoms in total. The number of hydrogen-bond acceptors (Lipinski definition) is 4. The van der Waals surface area contributed by atoms with E-state index in [1.165, 1.54) is 26.2 Å². The number of carboxylic acids is 1. The number of amides is 1. The summed E-state index contributed by atoms with van der Waals surface area (Å²) in [6.45, 7) is 3.42. The number of aliphatic carboxylic acids is 1. The summed E-state index contributed by atoms with van der Waals surface area (Å²) >= 11 is 0.